The molecule has 0 saturated carbocycles. The topological polar surface area (TPSA) is 35.5 Å². The molecule has 0 amide bonds. The standard InChI is InChI=1S/C11H20O3SSi/c1-4-10(14-11(12)9(2)3)15-16-8-6-5-7-13-16/h10,16H,2,4-8H2,1,3H3. The first-order valence-electron chi connectivity index (χ1n) is 5.77. The van der Waals surface area contributed by atoms with Gasteiger partial charge < -0.3 is 9.16 Å². The van der Waals surface area contributed by atoms with Crippen molar-refractivity contribution in [1.82, 2.24) is 0 Å². The van der Waals surface area contributed by atoms with E-state index in [0.29, 0.717) is 5.57 Å². The molecule has 5 heteroatoms. The van der Waals surface area contributed by atoms with Gasteiger partial charge in [-0.1, -0.05) is 19.9 Å². The molecular formula is C11H20O3SSi. The molecule has 92 valence electrons. The van der Waals surface area contributed by atoms with Crippen LogP contribution in [-0.4, -0.2) is 26.2 Å². The van der Waals surface area contributed by atoms with Gasteiger partial charge in [-0.05, 0) is 25.8 Å². The zero-order valence-corrected chi connectivity index (χ0v) is 12.0. The zero-order chi connectivity index (χ0) is 12.0. The summed E-state index contributed by atoms with van der Waals surface area (Å²) in [7, 11) is -1.18. The lowest BCUT2D eigenvalue weighted by atomic mass is 10.4. The highest BCUT2D eigenvalue weighted by Crippen LogP contribution is 2.27. The van der Waals surface area contributed by atoms with Crippen molar-refractivity contribution in [3.63, 3.8) is 0 Å². The second kappa shape index (κ2) is 7.14. The van der Waals surface area contributed by atoms with Crippen LogP contribution in [-0.2, 0) is 14.0 Å². The second-order valence-electron chi connectivity index (χ2n) is 3.96. The first kappa shape index (κ1) is 13.8. The summed E-state index contributed by atoms with van der Waals surface area (Å²) in [5.41, 5.74) is 0.407. The first-order valence-corrected chi connectivity index (χ1v) is 9.41. The molecule has 0 aromatic carbocycles. The lowest BCUT2D eigenvalue weighted by Crippen LogP contribution is -2.25. The molecule has 1 aliphatic rings. The van der Waals surface area contributed by atoms with E-state index in [1.807, 2.05) is 6.92 Å². The van der Waals surface area contributed by atoms with Crippen LogP contribution in [0.5, 0.6) is 0 Å². The summed E-state index contributed by atoms with van der Waals surface area (Å²) in [5.74, 6) is -0.288. The first-order chi connectivity index (χ1) is 7.63. The van der Waals surface area contributed by atoms with Crippen molar-refractivity contribution >= 4 is 25.4 Å². The number of hydrogen-bond acceptors (Lipinski definition) is 4. The van der Waals surface area contributed by atoms with Gasteiger partial charge >= 0.3 is 5.97 Å². The van der Waals surface area contributed by atoms with Crippen LogP contribution >= 0.6 is 11.2 Å². The van der Waals surface area contributed by atoms with Crippen LogP contribution < -0.4 is 0 Å². The van der Waals surface area contributed by atoms with Crippen molar-refractivity contribution in [2.24, 2.45) is 0 Å². The fraction of sp³-hybridized carbons (Fsp3) is 0.727. The van der Waals surface area contributed by atoms with Gasteiger partial charge in [-0.25, -0.2) is 4.79 Å². The molecule has 1 saturated heterocycles. The third-order valence-corrected chi connectivity index (χ3v) is 7.82. The van der Waals surface area contributed by atoms with Gasteiger partial charge in [0.2, 0.25) is 8.19 Å². The Morgan fingerprint density at radius 3 is 2.88 bits per heavy atom. The molecule has 0 aromatic heterocycles. The number of esters is 1. The summed E-state index contributed by atoms with van der Waals surface area (Å²) in [6, 6.07) is 1.19. The molecule has 0 aliphatic carbocycles. The fourth-order valence-corrected chi connectivity index (χ4v) is 6.71. The average Bonchev–Trinajstić information content (AvgIpc) is 2.29. The van der Waals surface area contributed by atoms with Crippen LogP contribution in [0.3, 0.4) is 0 Å². The molecule has 1 rings (SSSR count). The minimum absolute atomic E-state index is 0.0565. The van der Waals surface area contributed by atoms with Gasteiger partial charge in [0.1, 0.15) is 5.44 Å². The molecule has 0 aromatic rings. The highest BCUT2D eigenvalue weighted by atomic mass is 32.4. The van der Waals surface area contributed by atoms with Crippen molar-refractivity contribution in [3.05, 3.63) is 12.2 Å². The van der Waals surface area contributed by atoms with Crippen LogP contribution in [0.15, 0.2) is 12.2 Å². The Bertz CT molecular complexity index is 252. The second-order valence-corrected chi connectivity index (χ2v) is 8.92. The van der Waals surface area contributed by atoms with Crippen LogP contribution in [0, 0.1) is 0 Å². The van der Waals surface area contributed by atoms with E-state index in [0.717, 1.165) is 13.0 Å². The van der Waals surface area contributed by atoms with Crippen molar-refractivity contribution in [3.8, 4) is 0 Å². The Labute approximate surface area is 103 Å². The molecule has 3 nitrogen and oxygen atoms in total. The van der Waals surface area contributed by atoms with E-state index in [1.165, 1.54) is 18.9 Å². The predicted octanol–water partition coefficient (Wildman–Crippen LogP) is 2.61. The molecule has 0 spiro atoms. The molecule has 0 bridgehead atoms. The van der Waals surface area contributed by atoms with Crippen LogP contribution in [0.1, 0.15) is 33.1 Å². The molecule has 1 heterocycles. The summed E-state index contributed by atoms with van der Waals surface area (Å²) < 4.78 is 11.1. The summed E-state index contributed by atoms with van der Waals surface area (Å²) in [5, 5.41) is 0. The van der Waals surface area contributed by atoms with Crippen molar-refractivity contribution in [2.75, 3.05) is 6.61 Å². The molecule has 2 atom stereocenters. The number of carbonyl (C=O) groups is 1. The number of carbonyl (C=O) groups excluding carboxylic acids is 1. The Morgan fingerprint density at radius 1 is 1.62 bits per heavy atom. The van der Waals surface area contributed by atoms with Gasteiger partial charge in [-0.2, -0.15) is 0 Å². The largest absolute Gasteiger partial charge is 0.448 e. The van der Waals surface area contributed by atoms with Crippen LogP contribution in [0.4, 0.5) is 0 Å². The Morgan fingerprint density at radius 2 is 2.38 bits per heavy atom. The zero-order valence-electron chi connectivity index (χ0n) is 10.0. The van der Waals surface area contributed by atoms with Crippen LogP contribution in [0.2, 0.25) is 6.04 Å². The Kier molecular flexibility index (Phi) is 6.16. The van der Waals surface area contributed by atoms with Gasteiger partial charge in [0.15, 0.2) is 0 Å². The SMILES string of the molecule is C=C(C)C(=O)OC(CC)S[SiH]1CCCCO1. The lowest BCUT2D eigenvalue weighted by molar-refractivity contribution is -0.140. The maximum Gasteiger partial charge on any atom is 0.334 e. The molecule has 1 fully saturated rings. The van der Waals surface area contributed by atoms with E-state index in [4.69, 9.17) is 9.16 Å². The predicted molar refractivity (Wildman–Crippen MR) is 69.7 cm³/mol. The highest BCUT2D eigenvalue weighted by Gasteiger charge is 2.23. The number of ether oxygens (including phenoxy) is 1. The number of hydrogen-bond donors (Lipinski definition) is 0. The maximum atomic E-state index is 11.4. The normalized spacial score (nSPS) is 22.5. The molecule has 0 N–H and O–H groups in total. The van der Waals surface area contributed by atoms with Gasteiger partial charge in [0.05, 0.1) is 0 Å². The smallest absolute Gasteiger partial charge is 0.334 e. The summed E-state index contributed by atoms with van der Waals surface area (Å²) in [6.07, 6.45) is 3.26. The monoisotopic (exact) mass is 260 g/mol. The van der Waals surface area contributed by atoms with E-state index in [-0.39, 0.29) is 11.4 Å². The van der Waals surface area contributed by atoms with Crippen LogP contribution in [0.25, 0.3) is 0 Å². The van der Waals surface area contributed by atoms with E-state index in [9.17, 15) is 4.79 Å². The van der Waals surface area contributed by atoms with Gasteiger partial charge in [-0.3, -0.25) is 0 Å². The van der Waals surface area contributed by atoms with E-state index in [2.05, 4.69) is 6.58 Å². The minimum atomic E-state index is -1.18. The summed E-state index contributed by atoms with van der Waals surface area (Å²) in [6.45, 7) is 8.17. The summed E-state index contributed by atoms with van der Waals surface area (Å²) >= 11 is 1.74. The Hall–Kier alpha value is -0.263. The van der Waals surface area contributed by atoms with E-state index in [1.54, 1.807) is 18.1 Å². The third kappa shape index (κ3) is 4.72. The van der Waals surface area contributed by atoms with Crippen molar-refractivity contribution < 1.29 is 14.0 Å². The minimum Gasteiger partial charge on any atom is -0.448 e. The molecular weight excluding hydrogens is 240 g/mol. The molecule has 1 aliphatic heterocycles. The van der Waals surface area contributed by atoms with E-state index >= 15 is 0 Å². The van der Waals surface area contributed by atoms with E-state index < -0.39 is 8.19 Å². The van der Waals surface area contributed by atoms with Crippen molar-refractivity contribution in [1.29, 1.82) is 0 Å². The molecule has 2 unspecified atom stereocenters. The Balaban J connectivity index is 2.35. The lowest BCUT2D eigenvalue weighted by Gasteiger charge is -2.24. The van der Waals surface area contributed by atoms with Gasteiger partial charge in [0.25, 0.3) is 0 Å². The quantitative estimate of drug-likeness (QED) is 0.329. The van der Waals surface area contributed by atoms with Crippen molar-refractivity contribution in [2.45, 2.75) is 44.6 Å². The fourth-order valence-electron chi connectivity index (χ4n) is 1.42. The highest BCUT2D eigenvalue weighted by molar-refractivity contribution is 8.25. The third-order valence-electron chi connectivity index (χ3n) is 2.36. The van der Waals surface area contributed by atoms with Gasteiger partial charge in [0, 0.05) is 12.2 Å². The molecule has 16 heavy (non-hydrogen) atoms. The maximum absolute atomic E-state index is 11.4. The summed E-state index contributed by atoms with van der Waals surface area (Å²) in [4.78, 5) is 11.4. The van der Waals surface area contributed by atoms with Gasteiger partial charge in [-0.15, -0.1) is 11.2 Å². The number of rotatable bonds is 5. The average molecular weight is 260 g/mol. The molecule has 0 radical (unpaired) electrons.